The van der Waals surface area contributed by atoms with E-state index in [1.165, 1.54) is 0 Å². The molecule has 4 rings (SSSR count). The highest BCUT2D eigenvalue weighted by atomic mass is 79.9. The minimum absolute atomic E-state index is 0.191. The van der Waals surface area contributed by atoms with Crippen LogP contribution >= 0.6 is 31.9 Å². The number of allylic oxidation sites excluding steroid dienone is 1. The van der Waals surface area contributed by atoms with Crippen molar-refractivity contribution < 1.29 is 4.74 Å². The van der Waals surface area contributed by atoms with Crippen LogP contribution in [0.5, 0.6) is 0 Å². The van der Waals surface area contributed by atoms with Crippen LogP contribution in [-0.4, -0.2) is 24.5 Å². The van der Waals surface area contributed by atoms with E-state index in [1.54, 1.807) is 0 Å². The summed E-state index contributed by atoms with van der Waals surface area (Å²) in [6.07, 6.45) is 2.15. The number of halogens is 2. The predicted octanol–water partition coefficient (Wildman–Crippen LogP) is 5.69. The minimum Gasteiger partial charge on any atom is -0.440 e. The van der Waals surface area contributed by atoms with Gasteiger partial charge in [-0.2, -0.15) is 5.26 Å². The van der Waals surface area contributed by atoms with Crippen molar-refractivity contribution in [1.29, 1.82) is 5.26 Å². The SMILES string of the molecule is CCN1CC2=C(OC(N)=C(C#N)[C@@H]2c2ccc(Br)cc2)/C(=C\c2ccc(Br)cc2)C1. The Morgan fingerprint density at radius 2 is 1.73 bits per heavy atom. The molecule has 1 atom stereocenters. The molecule has 0 bridgehead atoms. The Labute approximate surface area is 193 Å². The third-order valence-corrected chi connectivity index (χ3v) is 6.53. The lowest BCUT2D eigenvalue weighted by atomic mass is 9.80. The summed E-state index contributed by atoms with van der Waals surface area (Å²) < 4.78 is 8.11. The fourth-order valence-corrected chi connectivity index (χ4v) is 4.49. The molecule has 2 aromatic carbocycles. The summed E-state index contributed by atoms with van der Waals surface area (Å²) in [4.78, 5) is 2.36. The normalized spacial score (nSPS) is 20.7. The van der Waals surface area contributed by atoms with Crippen molar-refractivity contribution in [2.75, 3.05) is 19.6 Å². The van der Waals surface area contributed by atoms with Crippen LogP contribution in [0.4, 0.5) is 0 Å². The van der Waals surface area contributed by atoms with E-state index >= 15 is 0 Å². The number of nitriles is 1. The van der Waals surface area contributed by atoms with Gasteiger partial charge < -0.3 is 10.5 Å². The van der Waals surface area contributed by atoms with Crippen LogP contribution in [0, 0.1) is 11.3 Å². The highest BCUT2D eigenvalue weighted by Gasteiger charge is 2.37. The van der Waals surface area contributed by atoms with Crippen molar-refractivity contribution in [1.82, 2.24) is 4.90 Å². The summed E-state index contributed by atoms with van der Waals surface area (Å²) in [6, 6.07) is 18.5. The van der Waals surface area contributed by atoms with Crippen molar-refractivity contribution in [3.05, 3.63) is 97.0 Å². The summed E-state index contributed by atoms with van der Waals surface area (Å²) in [5, 5.41) is 9.86. The molecule has 0 radical (unpaired) electrons. The first-order chi connectivity index (χ1) is 14.5. The van der Waals surface area contributed by atoms with E-state index in [0.717, 1.165) is 56.6 Å². The predicted molar refractivity (Wildman–Crippen MR) is 126 cm³/mol. The Kier molecular flexibility index (Phi) is 6.14. The topological polar surface area (TPSA) is 62.3 Å². The van der Waals surface area contributed by atoms with Crippen LogP contribution in [-0.2, 0) is 4.74 Å². The second-order valence-electron chi connectivity index (χ2n) is 7.36. The Bertz CT molecular complexity index is 1090. The maximum Gasteiger partial charge on any atom is 0.205 e. The molecule has 2 N–H and O–H groups in total. The molecule has 4 nitrogen and oxygen atoms in total. The molecule has 0 saturated heterocycles. The van der Waals surface area contributed by atoms with E-state index in [9.17, 15) is 5.26 Å². The van der Waals surface area contributed by atoms with Gasteiger partial charge in [-0.05, 0) is 53.6 Å². The fraction of sp³-hybridized carbons (Fsp3) is 0.208. The molecule has 2 aliphatic rings. The van der Waals surface area contributed by atoms with Crippen molar-refractivity contribution in [2.45, 2.75) is 12.8 Å². The van der Waals surface area contributed by atoms with Crippen LogP contribution < -0.4 is 5.73 Å². The van der Waals surface area contributed by atoms with Crippen molar-refractivity contribution in [3.8, 4) is 6.07 Å². The van der Waals surface area contributed by atoms with E-state index in [2.05, 4.69) is 68.0 Å². The van der Waals surface area contributed by atoms with Gasteiger partial charge in [-0.1, -0.05) is 63.0 Å². The minimum atomic E-state index is -0.213. The number of benzene rings is 2. The van der Waals surface area contributed by atoms with Crippen LogP contribution in [0.1, 0.15) is 24.0 Å². The van der Waals surface area contributed by atoms with Crippen molar-refractivity contribution in [2.24, 2.45) is 5.73 Å². The van der Waals surface area contributed by atoms with Crippen LogP contribution in [0.15, 0.2) is 85.8 Å². The number of likely N-dealkylation sites (N-methyl/N-ethyl adjacent to an activating group) is 1. The molecule has 2 heterocycles. The lowest BCUT2D eigenvalue weighted by Crippen LogP contribution is -2.38. The third-order valence-electron chi connectivity index (χ3n) is 5.47. The second kappa shape index (κ2) is 8.81. The number of rotatable bonds is 3. The average Bonchev–Trinajstić information content (AvgIpc) is 2.75. The molecular formula is C24H21Br2N3O. The molecule has 0 aromatic heterocycles. The van der Waals surface area contributed by atoms with Crippen LogP contribution in [0.25, 0.3) is 6.08 Å². The van der Waals surface area contributed by atoms with Gasteiger partial charge in [0.2, 0.25) is 5.88 Å². The first-order valence-corrected chi connectivity index (χ1v) is 11.3. The lowest BCUT2D eigenvalue weighted by Gasteiger charge is -2.38. The smallest absolute Gasteiger partial charge is 0.205 e. The maximum atomic E-state index is 9.86. The van der Waals surface area contributed by atoms with Crippen molar-refractivity contribution >= 4 is 37.9 Å². The number of nitrogens with two attached hydrogens (primary N) is 1. The summed E-state index contributed by atoms with van der Waals surface area (Å²) >= 11 is 6.98. The molecule has 152 valence electrons. The van der Waals surface area contributed by atoms with Gasteiger partial charge in [0.15, 0.2) is 0 Å². The van der Waals surface area contributed by atoms with Gasteiger partial charge >= 0.3 is 0 Å². The Balaban J connectivity index is 1.86. The Morgan fingerprint density at radius 3 is 2.33 bits per heavy atom. The standard InChI is InChI=1S/C24H21Br2N3O/c1-2-29-13-17(11-15-3-7-18(25)8-4-15)23-21(14-29)22(20(12-27)24(28)30-23)16-5-9-19(26)10-6-16/h3-11,22H,2,13-14,28H2,1H3/b17-11-/t22-/m0/s1. The van der Waals surface area contributed by atoms with E-state index in [-0.39, 0.29) is 11.8 Å². The zero-order valence-electron chi connectivity index (χ0n) is 16.5. The monoisotopic (exact) mass is 525 g/mol. The van der Waals surface area contributed by atoms with E-state index in [0.29, 0.717) is 5.57 Å². The fourth-order valence-electron chi connectivity index (χ4n) is 3.96. The molecule has 0 amide bonds. The molecule has 2 aromatic rings. The quantitative estimate of drug-likeness (QED) is 0.557. The van der Waals surface area contributed by atoms with Gasteiger partial charge in [-0.15, -0.1) is 0 Å². The van der Waals surface area contributed by atoms with Crippen LogP contribution in [0.2, 0.25) is 0 Å². The van der Waals surface area contributed by atoms with Gasteiger partial charge in [0.05, 0.1) is 5.92 Å². The summed E-state index contributed by atoms with van der Waals surface area (Å²) in [5.41, 5.74) is 11.0. The highest BCUT2D eigenvalue weighted by molar-refractivity contribution is 9.10. The maximum absolute atomic E-state index is 9.86. The average molecular weight is 527 g/mol. The molecule has 0 aliphatic carbocycles. The Morgan fingerprint density at radius 1 is 1.10 bits per heavy atom. The number of hydrogen-bond acceptors (Lipinski definition) is 4. The van der Waals surface area contributed by atoms with Gasteiger partial charge in [0.1, 0.15) is 17.4 Å². The van der Waals surface area contributed by atoms with Gasteiger partial charge in [-0.3, -0.25) is 4.90 Å². The Hall–Kier alpha value is -2.33. The molecule has 0 spiro atoms. The number of nitrogens with zero attached hydrogens (tertiary/aromatic N) is 2. The number of ether oxygens (including phenoxy) is 1. The molecule has 6 heteroatoms. The molecule has 0 saturated carbocycles. The highest BCUT2D eigenvalue weighted by Crippen LogP contribution is 2.43. The second-order valence-corrected chi connectivity index (χ2v) is 9.19. The van der Waals surface area contributed by atoms with Gasteiger partial charge in [0, 0.05) is 27.6 Å². The first-order valence-electron chi connectivity index (χ1n) is 9.75. The van der Waals surface area contributed by atoms with Gasteiger partial charge in [0.25, 0.3) is 0 Å². The summed E-state index contributed by atoms with van der Waals surface area (Å²) in [5.74, 6) is 0.775. The van der Waals surface area contributed by atoms with E-state index in [4.69, 9.17) is 10.5 Å². The molecule has 2 aliphatic heterocycles. The molecule has 0 fully saturated rings. The first kappa shape index (κ1) is 20.9. The summed E-state index contributed by atoms with van der Waals surface area (Å²) in [7, 11) is 0. The zero-order valence-corrected chi connectivity index (χ0v) is 19.7. The van der Waals surface area contributed by atoms with Crippen LogP contribution in [0.3, 0.4) is 0 Å². The van der Waals surface area contributed by atoms with Crippen molar-refractivity contribution in [3.63, 3.8) is 0 Å². The summed E-state index contributed by atoms with van der Waals surface area (Å²) in [6.45, 7) is 4.56. The zero-order chi connectivity index (χ0) is 21.3. The lowest BCUT2D eigenvalue weighted by molar-refractivity contribution is 0.239. The molecule has 0 unspecified atom stereocenters. The van der Waals surface area contributed by atoms with Gasteiger partial charge in [-0.25, -0.2) is 0 Å². The van der Waals surface area contributed by atoms with E-state index < -0.39 is 0 Å². The van der Waals surface area contributed by atoms with E-state index in [1.807, 2.05) is 36.4 Å². The molecular weight excluding hydrogens is 506 g/mol. The third kappa shape index (κ3) is 4.11. The molecule has 30 heavy (non-hydrogen) atoms. The largest absolute Gasteiger partial charge is 0.440 e. The number of hydrogen-bond donors (Lipinski definition) is 1.